The molecule has 0 bridgehead atoms. The second-order valence-corrected chi connectivity index (χ2v) is 11.0. The molecular weight excluding hydrogens is 523 g/mol. The first-order valence-corrected chi connectivity index (χ1v) is 13.0. The normalized spacial score (nSPS) is 11.7. The van der Waals surface area contributed by atoms with Crippen LogP contribution in [0, 0.1) is 11.2 Å². The first kappa shape index (κ1) is 26.1. The molecule has 1 aromatic carbocycles. The number of carbonyl (C=O) groups excluding carboxylic acids is 1. The number of rotatable bonds is 6. The van der Waals surface area contributed by atoms with Crippen LogP contribution < -0.4 is 10.1 Å². The van der Waals surface area contributed by atoms with Crippen molar-refractivity contribution in [2.24, 2.45) is 5.41 Å². The molecule has 10 nitrogen and oxygen atoms in total. The van der Waals surface area contributed by atoms with Crippen LogP contribution >= 0.6 is 0 Å². The number of carbonyl (C=O) groups is 1. The zero-order chi connectivity index (χ0) is 28.7. The van der Waals surface area contributed by atoms with E-state index in [9.17, 15) is 9.18 Å². The van der Waals surface area contributed by atoms with E-state index >= 15 is 0 Å². The van der Waals surface area contributed by atoms with Crippen molar-refractivity contribution in [3.05, 3.63) is 67.0 Å². The van der Waals surface area contributed by atoms with Gasteiger partial charge in [0.2, 0.25) is 5.91 Å². The van der Waals surface area contributed by atoms with Crippen molar-refractivity contribution in [1.29, 1.82) is 0 Å². The number of benzene rings is 1. The molecular formula is C30H27FN8O2. The molecule has 0 aliphatic rings. The van der Waals surface area contributed by atoms with E-state index in [1.807, 2.05) is 32.9 Å². The Morgan fingerprint density at radius 3 is 2.63 bits per heavy atom. The van der Waals surface area contributed by atoms with Crippen molar-refractivity contribution in [2.45, 2.75) is 27.2 Å². The fourth-order valence-corrected chi connectivity index (χ4v) is 4.70. The van der Waals surface area contributed by atoms with Crippen molar-refractivity contribution < 1.29 is 13.9 Å². The highest BCUT2D eigenvalue weighted by molar-refractivity contribution is 5.96. The molecule has 0 radical (unpaired) electrons. The van der Waals surface area contributed by atoms with Gasteiger partial charge in [-0.3, -0.25) is 14.9 Å². The van der Waals surface area contributed by atoms with Gasteiger partial charge in [-0.25, -0.2) is 19.3 Å². The smallest absolute Gasteiger partial charge is 0.224 e. The van der Waals surface area contributed by atoms with Crippen LogP contribution in [0.25, 0.3) is 56.0 Å². The van der Waals surface area contributed by atoms with Crippen LogP contribution in [0.3, 0.4) is 0 Å². The minimum Gasteiger partial charge on any atom is -0.497 e. The van der Waals surface area contributed by atoms with Crippen LogP contribution in [0.15, 0.2) is 61.2 Å². The summed E-state index contributed by atoms with van der Waals surface area (Å²) in [4.78, 5) is 33.7. The molecule has 0 spiro atoms. The number of ether oxygens (including phenoxy) is 1. The van der Waals surface area contributed by atoms with Gasteiger partial charge in [-0.2, -0.15) is 5.10 Å². The number of methoxy groups -OCH3 is 1. The third-order valence-corrected chi connectivity index (χ3v) is 6.50. The van der Waals surface area contributed by atoms with Crippen molar-refractivity contribution in [1.82, 2.24) is 35.1 Å². The average molecular weight is 551 g/mol. The second-order valence-electron chi connectivity index (χ2n) is 11.0. The maximum atomic E-state index is 14.3. The minimum atomic E-state index is -0.408. The lowest BCUT2D eigenvalue weighted by Gasteiger charge is -2.17. The average Bonchev–Trinajstić information content (AvgIpc) is 3.55. The highest BCUT2D eigenvalue weighted by atomic mass is 19.1. The van der Waals surface area contributed by atoms with E-state index < -0.39 is 5.82 Å². The largest absolute Gasteiger partial charge is 0.497 e. The lowest BCUT2D eigenvalue weighted by molar-refractivity contribution is -0.117. The molecule has 0 unspecified atom stereocenters. The molecule has 3 N–H and O–H groups in total. The third kappa shape index (κ3) is 5.33. The number of amides is 1. The van der Waals surface area contributed by atoms with Gasteiger partial charge in [0.15, 0.2) is 17.1 Å². The third-order valence-electron chi connectivity index (χ3n) is 6.50. The minimum absolute atomic E-state index is 0.0725. The summed E-state index contributed by atoms with van der Waals surface area (Å²) in [6.07, 6.45) is 7.06. The molecule has 1 amide bonds. The number of aromatic amines is 2. The van der Waals surface area contributed by atoms with Crippen LogP contribution in [0.2, 0.25) is 0 Å². The van der Waals surface area contributed by atoms with Gasteiger partial charge in [-0.05, 0) is 41.3 Å². The molecule has 206 valence electrons. The summed E-state index contributed by atoms with van der Waals surface area (Å²) >= 11 is 0. The van der Waals surface area contributed by atoms with Gasteiger partial charge >= 0.3 is 0 Å². The lowest BCUT2D eigenvalue weighted by atomic mass is 9.92. The van der Waals surface area contributed by atoms with Gasteiger partial charge in [0.1, 0.15) is 17.3 Å². The van der Waals surface area contributed by atoms with E-state index in [-0.39, 0.29) is 11.3 Å². The molecule has 0 fully saturated rings. The molecule has 0 aliphatic heterocycles. The Hall–Kier alpha value is -5.19. The van der Waals surface area contributed by atoms with Crippen LogP contribution in [-0.4, -0.2) is 48.1 Å². The Bertz CT molecular complexity index is 1920. The number of halogens is 1. The fraction of sp³-hybridized carbons (Fsp3) is 0.200. The van der Waals surface area contributed by atoms with E-state index in [4.69, 9.17) is 4.74 Å². The molecule has 0 aliphatic carbocycles. The van der Waals surface area contributed by atoms with E-state index in [2.05, 4.69) is 40.4 Å². The summed E-state index contributed by atoms with van der Waals surface area (Å²) < 4.78 is 19.5. The SMILES string of the molecule is COc1cc(F)cc(-c2ccnc3nc(-c4[nH]nc5ncc(-c6cncc(NC(=O)CC(C)(C)C)c6)cc45)[nH]c23)c1. The number of anilines is 1. The molecule has 6 rings (SSSR count). The molecule has 0 saturated carbocycles. The van der Waals surface area contributed by atoms with Gasteiger partial charge in [-0.15, -0.1) is 0 Å². The standard InChI is InChI=1S/C30H27FN8O2/c1-30(2,3)12-24(40)35-20-8-17(13-32-15-20)18-10-23-26(38-39-27(23)34-14-18)29-36-25-22(5-6-33-28(25)37-29)16-7-19(31)11-21(9-16)41-4/h5-11,13-15H,12H2,1-4H3,(H,35,40)(H,33,36,37)(H,34,38,39). The highest BCUT2D eigenvalue weighted by Crippen LogP contribution is 2.33. The number of hydrogen-bond acceptors (Lipinski definition) is 7. The Morgan fingerprint density at radius 2 is 1.83 bits per heavy atom. The number of nitrogens with zero attached hydrogens (tertiary/aromatic N) is 5. The molecule has 0 atom stereocenters. The van der Waals surface area contributed by atoms with Crippen molar-refractivity contribution in [3.63, 3.8) is 0 Å². The number of fused-ring (bicyclic) bond motifs is 2. The summed E-state index contributed by atoms with van der Waals surface area (Å²) in [7, 11) is 1.50. The topological polar surface area (TPSA) is 134 Å². The van der Waals surface area contributed by atoms with E-state index in [0.29, 0.717) is 51.8 Å². The van der Waals surface area contributed by atoms with E-state index in [1.165, 1.54) is 19.2 Å². The summed E-state index contributed by atoms with van der Waals surface area (Å²) in [5.74, 6) is 0.438. The zero-order valence-electron chi connectivity index (χ0n) is 22.9. The van der Waals surface area contributed by atoms with E-state index in [1.54, 1.807) is 36.9 Å². The maximum absolute atomic E-state index is 14.3. The molecule has 6 aromatic rings. The molecule has 5 heterocycles. The van der Waals surface area contributed by atoms with Crippen molar-refractivity contribution in [3.8, 4) is 39.5 Å². The van der Waals surface area contributed by atoms with Gasteiger partial charge < -0.3 is 15.0 Å². The van der Waals surface area contributed by atoms with Gasteiger partial charge in [0.05, 0.1) is 29.9 Å². The molecule has 0 saturated heterocycles. The monoisotopic (exact) mass is 550 g/mol. The molecule has 41 heavy (non-hydrogen) atoms. The predicted molar refractivity (Wildman–Crippen MR) is 155 cm³/mol. The summed E-state index contributed by atoms with van der Waals surface area (Å²) in [5, 5.41) is 11.0. The number of H-pyrrole nitrogens is 2. The second kappa shape index (κ2) is 10.1. The maximum Gasteiger partial charge on any atom is 0.224 e. The summed E-state index contributed by atoms with van der Waals surface area (Å²) in [5.41, 5.74) is 5.66. The number of nitrogens with one attached hydrogen (secondary N) is 3. The van der Waals surface area contributed by atoms with Crippen molar-refractivity contribution in [2.75, 3.05) is 12.4 Å². The Kier molecular flexibility index (Phi) is 6.41. The van der Waals surface area contributed by atoms with Crippen molar-refractivity contribution >= 4 is 33.8 Å². The zero-order valence-corrected chi connectivity index (χ0v) is 22.9. The van der Waals surface area contributed by atoms with Crippen LogP contribution in [0.1, 0.15) is 27.2 Å². The quantitative estimate of drug-likeness (QED) is 0.226. The summed E-state index contributed by atoms with van der Waals surface area (Å²) in [6.45, 7) is 6.05. The van der Waals surface area contributed by atoms with E-state index in [0.717, 1.165) is 22.1 Å². The van der Waals surface area contributed by atoms with Gasteiger partial charge in [-0.1, -0.05) is 20.8 Å². The Morgan fingerprint density at radius 1 is 1.00 bits per heavy atom. The number of hydrogen-bond donors (Lipinski definition) is 3. The number of aromatic nitrogens is 7. The van der Waals surface area contributed by atoms with Gasteiger partial charge in [0, 0.05) is 47.8 Å². The first-order chi connectivity index (χ1) is 19.7. The van der Waals surface area contributed by atoms with Crippen LogP contribution in [0.4, 0.5) is 10.1 Å². The molecule has 5 aromatic heterocycles. The first-order valence-electron chi connectivity index (χ1n) is 13.0. The Labute approximate surface area is 234 Å². The van der Waals surface area contributed by atoms with Gasteiger partial charge in [0.25, 0.3) is 0 Å². The highest BCUT2D eigenvalue weighted by Gasteiger charge is 2.18. The Balaban J connectivity index is 1.37. The predicted octanol–water partition coefficient (Wildman–Crippen LogP) is 6.15. The van der Waals surface area contributed by atoms with Crippen LogP contribution in [-0.2, 0) is 4.79 Å². The summed E-state index contributed by atoms with van der Waals surface area (Å²) in [6, 6.07) is 10.1. The van der Waals surface area contributed by atoms with Crippen LogP contribution in [0.5, 0.6) is 5.75 Å². The lowest BCUT2D eigenvalue weighted by Crippen LogP contribution is -2.19. The number of imidazole rings is 1. The number of pyridine rings is 3. The fourth-order valence-electron chi connectivity index (χ4n) is 4.70. The molecule has 11 heteroatoms.